The molecule has 0 aliphatic heterocycles. The van der Waals surface area contributed by atoms with Gasteiger partial charge >= 0.3 is 0 Å². The third kappa shape index (κ3) is 5.45. The SMILES string of the molecule is CCNc1ccc(C(=O)NCCCSCC)cc1. The van der Waals surface area contributed by atoms with Gasteiger partial charge in [-0.05, 0) is 49.1 Å². The van der Waals surface area contributed by atoms with E-state index in [-0.39, 0.29) is 5.91 Å². The molecule has 0 radical (unpaired) electrons. The van der Waals surface area contributed by atoms with Gasteiger partial charge in [-0.25, -0.2) is 0 Å². The lowest BCUT2D eigenvalue weighted by atomic mass is 10.2. The number of benzene rings is 1. The molecule has 3 nitrogen and oxygen atoms in total. The molecule has 0 atom stereocenters. The van der Waals surface area contributed by atoms with E-state index in [9.17, 15) is 4.79 Å². The molecule has 1 rings (SSSR count). The molecular formula is C14H22N2OS. The van der Waals surface area contributed by atoms with Gasteiger partial charge in [0, 0.05) is 24.3 Å². The quantitative estimate of drug-likeness (QED) is 0.711. The van der Waals surface area contributed by atoms with Crippen LogP contribution >= 0.6 is 11.8 Å². The second-order valence-electron chi connectivity index (χ2n) is 3.91. The maximum atomic E-state index is 11.8. The summed E-state index contributed by atoms with van der Waals surface area (Å²) in [6.45, 7) is 5.84. The molecule has 1 aromatic rings. The minimum Gasteiger partial charge on any atom is -0.385 e. The average molecular weight is 266 g/mol. The minimum absolute atomic E-state index is 0.0135. The van der Waals surface area contributed by atoms with E-state index in [4.69, 9.17) is 0 Å². The second kappa shape index (κ2) is 8.86. The van der Waals surface area contributed by atoms with Crippen LogP contribution in [0, 0.1) is 0 Å². The molecule has 100 valence electrons. The fourth-order valence-corrected chi connectivity index (χ4v) is 2.20. The summed E-state index contributed by atoms with van der Waals surface area (Å²) in [5, 5.41) is 6.14. The minimum atomic E-state index is 0.0135. The van der Waals surface area contributed by atoms with Crippen molar-refractivity contribution >= 4 is 23.4 Å². The van der Waals surface area contributed by atoms with Crippen molar-refractivity contribution in [1.82, 2.24) is 5.32 Å². The van der Waals surface area contributed by atoms with Crippen LogP contribution in [-0.2, 0) is 0 Å². The first-order chi connectivity index (χ1) is 8.77. The van der Waals surface area contributed by atoms with Crippen LogP contribution in [0.1, 0.15) is 30.6 Å². The number of nitrogens with one attached hydrogen (secondary N) is 2. The number of carbonyl (C=O) groups is 1. The highest BCUT2D eigenvalue weighted by Gasteiger charge is 2.03. The van der Waals surface area contributed by atoms with Gasteiger partial charge in [0.05, 0.1) is 0 Å². The van der Waals surface area contributed by atoms with Crippen molar-refractivity contribution in [3.63, 3.8) is 0 Å². The molecule has 0 saturated heterocycles. The molecule has 0 heterocycles. The molecule has 0 bridgehead atoms. The van der Waals surface area contributed by atoms with Crippen molar-refractivity contribution in [3.8, 4) is 0 Å². The van der Waals surface area contributed by atoms with Gasteiger partial charge < -0.3 is 10.6 Å². The van der Waals surface area contributed by atoms with E-state index in [1.165, 1.54) is 0 Å². The van der Waals surface area contributed by atoms with E-state index in [1.807, 2.05) is 36.0 Å². The molecule has 1 amide bonds. The first-order valence-corrected chi connectivity index (χ1v) is 7.63. The van der Waals surface area contributed by atoms with Crippen LogP contribution in [0.25, 0.3) is 0 Å². The Balaban J connectivity index is 2.32. The van der Waals surface area contributed by atoms with Crippen LogP contribution in [0.4, 0.5) is 5.69 Å². The van der Waals surface area contributed by atoms with E-state index >= 15 is 0 Å². The highest BCUT2D eigenvalue weighted by molar-refractivity contribution is 7.99. The molecule has 0 aliphatic carbocycles. The van der Waals surface area contributed by atoms with Crippen LogP contribution in [0.2, 0.25) is 0 Å². The maximum Gasteiger partial charge on any atom is 0.251 e. The lowest BCUT2D eigenvalue weighted by Crippen LogP contribution is -2.24. The van der Waals surface area contributed by atoms with Crippen LogP contribution in [0.15, 0.2) is 24.3 Å². The van der Waals surface area contributed by atoms with Crippen molar-refractivity contribution in [2.45, 2.75) is 20.3 Å². The van der Waals surface area contributed by atoms with E-state index < -0.39 is 0 Å². The number of thioether (sulfide) groups is 1. The highest BCUT2D eigenvalue weighted by Crippen LogP contribution is 2.09. The Morgan fingerprint density at radius 2 is 1.94 bits per heavy atom. The van der Waals surface area contributed by atoms with Crippen molar-refractivity contribution in [3.05, 3.63) is 29.8 Å². The van der Waals surface area contributed by atoms with Gasteiger partial charge in [0.1, 0.15) is 0 Å². The molecule has 0 fully saturated rings. The van der Waals surface area contributed by atoms with Crippen LogP contribution in [0.3, 0.4) is 0 Å². The summed E-state index contributed by atoms with van der Waals surface area (Å²) in [5.74, 6) is 2.26. The highest BCUT2D eigenvalue weighted by atomic mass is 32.2. The van der Waals surface area contributed by atoms with E-state index in [0.29, 0.717) is 0 Å². The molecule has 0 saturated carbocycles. The molecule has 2 N–H and O–H groups in total. The Labute approximate surface area is 114 Å². The molecular weight excluding hydrogens is 244 g/mol. The van der Waals surface area contributed by atoms with Gasteiger partial charge in [-0.3, -0.25) is 4.79 Å². The first-order valence-electron chi connectivity index (χ1n) is 6.47. The van der Waals surface area contributed by atoms with Gasteiger partial charge in [-0.2, -0.15) is 11.8 Å². The van der Waals surface area contributed by atoms with Crippen molar-refractivity contribution < 1.29 is 4.79 Å². The Bertz CT molecular complexity index is 351. The largest absolute Gasteiger partial charge is 0.385 e. The van der Waals surface area contributed by atoms with Gasteiger partial charge in [0.15, 0.2) is 0 Å². The van der Waals surface area contributed by atoms with Gasteiger partial charge in [-0.1, -0.05) is 6.92 Å². The van der Waals surface area contributed by atoms with Gasteiger partial charge in [0.25, 0.3) is 5.91 Å². The van der Waals surface area contributed by atoms with Crippen LogP contribution < -0.4 is 10.6 Å². The number of hydrogen-bond acceptors (Lipinski definition) is 3. The van der Waals surface area contributed by atoms with E-state index in [1.54, 1.807) is 0 Å². The molecule has 0 aliphatic rings. The van der Waals surface area contributed by atoms with Crippen LogP contribution in [-0.4, -0.2) is 30.5 Å². The molecule has 0 aromatic heterocycles. The molecule has 0 spiro atoms. The van der Waals surface area contributed by atoms with E-state index in [2.05, 4.69) is 24.5 Å². The van der Waals surface area contributed by atoms with Crippen molar-refractivity contribution in [2.75, 3.05) is 29.9 Å². The zero-order chi connectivity index (χ0) is 13.2. The molecule has 4 heteroatoms. The fourth-order valence-electron chi connectivity index (χ4n) is 1.57. The zero-order valence-electron chi connectivity index (χ0n) is 11.2. The Hall–Kier alpha value is -1.16. The number of carbonyl (C=O) groups excluding carboxylic acids is 1. The topological polar surface area (TPSA) is 41.1 Å². The first kappa shape index (κ1) is 14.9. The summed E-state index contributed by atoms with van der Waals surface area (Å²) in [6, 6.07) is 7.58. The molecule has 18 heavy (non-hydrogen) atoms. The Kier molecular flexibility index (Phi) is 7.34. The Morgan fingerprint density at radius 3 is 2.56 bits per heavy atom. The summed E-state index contributed by atoms with van der Waals surface area (Å²) in [4.78, 5) is 11.8. The number of amides is 1. The monoisotopic (exact) mass is 266 g/mol. The predicted octanol–water partition coefficient (Wildman–Crippen LogP) is 2.99. The predicted molar refractivity (Wildman–Crippen MR) is 80.6 cm³/mol. The normalized spacial score (nSPS) is 10.1. The summed E-state index contributed by atoms with van der Waals surface area (Å²) in [6.07, 6.45) is 1.03. The average Bonchev–Trinajstić information content (AvgIpc) is 2.39. The van der Waals surface area contributed by atoms with Crippen LogP contribution in [0.5, 0.6) is 0 Å². The molecule has 0 unspecified atom stereocenters. The molecule has 1 aromatic carbocycles. The summed E-state index contributed by atoms with van der Waals surface area (Å²) in [5.41, 5.74) is 1.77. The number of rotatable bonds is 8. The fraction of sp³-hybridized carbons (Fsp3) is 0.500. The summed E-state index contributed by atoms with van der Waals surface area (Å²) in [7, 11) is 0. The Morgan fingerprint density at radius 1 is 1.22 bits per heavy atom. The third-order valence-corrected chi connectivity index (χ3v) is 3.47. The lowest BCUT2D eigenvalue weighted by molar-refractivity contribution is 0.0954. The van der Waals surface area contributed by atoms with Gasteiger partial charge in [-0.15, -0.1) is 0 Å². The standard InChI is InChI=1S/C14H22N2OS/c1-3-15-13-8-6-12(7-9-13)14(17)16-10-5-11-18-4-2/h6-9,15H,3-5,10-11H2,1-2H3,(H,16,17). The third-order valence-electron chi connectivity index (χ3n) is 2.48. The number of hydrogen-bond donors (Lipinski definition) is 2. The van der Waals surface area contributed by atoms with E-state index in [0.717, 1.165) is 42.3 Å². The maximum absolute atomic E-state index is 11.8. The zero-order valence-corrected chi connectivity index (χ0v) is 12.0. The number of anilines is 1. The van der Waals surface area contributed by atoms with Crippen molar-refractivity contribution in [1.29, 1.82) is 0 Å². The summed E-state index contributed by atoms with van der Waals surface area (Å²) >= 11 is 1.90. The van der Waals surface area contributed by atoms with Crippen molar-refractivity contribution in [2.24, 2.45) is 0 Å². The summed E-state index contributed by atoms with van der Waals surface area (Å²) < 4.78 is 0. The second-order valence-corrected chi connectivity index (χ2v) is 5.31. The van der Waals surface area contributed by atoms with Gasteiger partial charge in [0.2, 0.25) is 0 Å². The smallest absolute Gasteiger partial charge is 0.251 e. The lowest BCUT2D eigenvalue weighted by Gasteiger charge is -2.06.